The van der Waals surface area contributed by atoms with Crippen molar-refractivity contribution in [3.63, 3.8) is 0 Å². The second kappa shape index (κ2) is 7.57. The Hall–Kier alpha value is -1.06. The van der Waals surface area contributed by atoms with Crippen molar-refractivity contribution in [2.24, 2.45) is 22.7 Å². The zero-order valence-corrected chi connectivity index (χ0v) is 21.0. The average molecular weight is 415 g/mol. The van der Waals surface area contributed by atoms with Gasteiger partial charge in [0.2, 0.25) is 0 Å². The lowest BCUT2D eigenvalue weighted by molar-refractivity contribution is -0.0672. The second-order valence-electron chi connectivity index (χ2n) is 12.0. The Morgan fingerprint density at radius 1 is 1.21 bits per heavy atom. The summed E-state index contributed by atoms with van der Waals surface area (Å²) in [6.07, 6.45) is 13.3. The molecule has 0 N–H and O–H groups in total. The van der Waals surface area contributed by atoms with E-state index in [2.05, 4.69) is 73.4 Å². The first kappa shape index (κ1) is 22.6. The molecule has 0 saturated heterocycles. The van der Waals surface area contributed by atoms with Crippen molar-refractivity contribution in [3.8, 4) is 0 Å². The zero-order chi connectivity index (χ0) is 21.7. The zero-order valence-electron chi connectivity index (χ0n) is 20.0. The van der Waals surface area contributed by atoms with Crippen LogP contribution in [0.2, 0.25) is 18.1 Å². The van der Waals surface area contributed by atoms with Gasteiger partial charge in [0.05, 0.1) is 18.6 Å². The average Bonchev–Trinajstić information content (AvgIpc) is 3.08. The summed E-state index contributed by atoms with van der Waals surface area (Å²) in [5, 5.41) is 0.207. The van der Waals surface area contributed by atoms with E-state index >= 15 is 0 Å². The normalized spacial score (nSPS) is 33.1. The Balaban J connectivity index is 1.98. The van der Waals surface area contributed by atoms with Gasteiger partial charge in [0.1, 0.15) is 0 Å². The topological polar surface area (TPSA) is 22.4 Å². The lowest BCUT2D eigenvalue weighted by Gasteiger charge is -2.59. The summed E-state index contributed by atoms with van der Waals surface area (Å²) in [6.45, 7) is 23.8. The molecular weight excluding hydrogens is 372 g/mol. The fraction of sp³-hybridized carbons (Fsp3) is 0.692. The Morgan fingerprint density at radius 2 is 1.90 bits per heavy atom. The third-order valence-electron chi connectivity index (χ3n) is 8.52. The standard InChI is InChI=1S/C26H42O2Si/c1-19-21(12-11-20-13-16-27-18-20)26(7)15-10-14-25(5,6)23(26)17-22(19)28-29(8,9)24(2,3)4/h11-13,16,18,21-23H,1,10,14-15,17H2,2-9H3/b12-11+/t21-,22+,23-,26+/m0/s1. The van der Waals surface area contributed by atoms with E-state index < -0.39 is 8.32 Å². The lowest BCUT2D eigenvalue weighted by Crippen LogP contribution is -2.55. The molecule has 0 amide bonds. The van der Waals surface area contributed by atoms with Crippen LogP contribution in [-0.2, 0) is 4.43 Å². The van der Waals surface area contributed by atoms with Gasteiger partial charge in [-0.2, -0.15) is 0 Å². The molecule has 0 radical (unpaired) electrons. The molecule has 3 rings (SSSR count). The van der Waals surface area contributed by atoms with Gasteiger partial charge < -0.3 is 8.84 Å². The van der Waals surface area contributed by atoms with E-state index in [1.165, 1.54) is 24.8 Å². The first-order valence-electron chi connectivity index (χ1n) is 11.3. The van der Waals surface area contributed by atoms with Gasteiger partial charge in [-0.25, -0.2) is 0 Å². The molecule has 1 aromatic rings. The van der Waals surface area contributed by atoms with Crippen LogP contribution in [0.1, 0.15) is 72.8 Å². The van der Waals surface area contributed by atoms with E-state index in [9.17, 15) is 0 Å². The summed E-state index contributed by atoms with van der Waals surface area (Å²) in [5.41, 5.74) is 2.99. The molecule has 29 heavy (non-hydrogen) atoms. The maximum atomic E-state index is 7.00. The molecule has 2 saturated carbocycles. The minimum Gasteiger partial charge on any atom is -0.472 e. The Kier molecular flexibility index (Phi) is 5.90. The summed E-state index contributed by atoms with van der Waals surface area (Å²) in [5.74, 6) is 0.980. The number of allylic oxidation sites excluding steroid dienone is 1. The Labute approximate surface area is 179 Å². The predicted octanol–water partition coefficient (Wildman–Crippen LogP) is 8.09. The molecule has 2 nitrogen and oxygen atoms in total. The minimum absolute atomic E-state index is 0.158. The first-order chi connectivity index (χ1) is 13.3. The quantitative estimate of drug-likeness (QED) is 0.367. The monoisotopic (exact) mass is 414 g/mol. The third-order valence-corrected chi connectivity index (χ3v) is 13.0. The Bertz CT molecular complexity index is 750. The summed E-state index contributed by atoms with van der Waals surface area (Å²) in [6, 6.07) is 2.02. The molecule has 2 aliphatic carbocycles. The van der Waals surface area contributed by atoms with Gasteiger partial charge in [0.25, 0.3) is 0 Å². The van der Waals surface area contributed by atoms with Crippen LogP contribution >= 0.6 is 0 Å². The van der Waals surface area contributed by atoms with Gasteiger partial charge >= 0.3 is 0 Å². The third kappa shape index (κ3) is 4.23. The highest BCUT2D eigenvalue weighted by atomic mass is 28.4. The molecule has 1 heterocycles. The van der Waals surface area contributed by atoms with E-state index in [0.717, 1.165) is 12.0 Å². The lowest BCUT2D eigenvalue weighted by atomic mass is 9.47. The van der Waals surface area contributed by atoms with E-state index in [1.807, 2.05) is 12.3 Å². The van der Waals surface area contributed by atoms with Crippen molar-refractivity contribution >= 4 is 14.4 Å². The van der Waals surface area contributed by atoms with Crippen LogP contribution in [0.3, 0.4) is 0 Å². The summed E-state index contributed by atoms with van der Waals surface area (Å²) < 4.78 is 12.3. The van der Waals surface area contributed by atoms with E-state index in [0.29, 0.717) is 17.3 Å². The maximum Gasteiger partial charge on any atom is 0.192 e. The van der Waals surface area contributed by atoms with Gasteiger partial charge in [-0.05, 0) is 65.8 Å². The number of hydrogen-bond donors (Lipinski definition) is 0. The van der Waals surface area contributed by atoms with Gasteiger partial charge in [0.15, 0.2) is 8.32 Å². The number of furan rings is 1. The van der Waals surface area contributed by atoms with Crippen molar-refractivity contribution in [1.29, 1.82) is 0 Å². The van der Waals surface area contributed by atoms with Crippen LogP contribution in [0.25, 0.3) is 6.08 Å². The molecule has 0 aromatic carbocycles. The maximum absolute atomic E-state index is 7.00. The molecule has 0 unspecified atom stereocenters. The fourth-order valence-corrected chi connectivity index (χ4v) is 7.01. The van der Waals surface area contributed by atoms with Crippen molar-refractivity contribution in [2.45, 2.75) is 91.5 Å². The van der Waals surface area contributed by atoms with Crippen molar-refractivity contribution in [2.75, 3.05) is 0 Å². The van der Waals surface area contributed by atoms with Crippen molar-refractivity contribution < 1.29 is 8.84 Å². The van der Waals surface area contributed by atoms with Crippen LogP contribution < -0.4 is 0 Å². The molecule has 4 atom stereocenters. The first-order valence-corrected chi connectivity index (χ1v) is 14.3. The van der Waals surface area contributed by atoms with Crippen LogP contribution in [0, 0.1) is 22.7 Å². The summed E-state index contributed by atoms with van der Waals surface area (Å²) in [4.78, 5) is 0. The molecule has 1 aromatic heterocycles. The van der Waals surface area contributed by atoms with Crippen molar-refractivity contribution in [3.05, 3.63) is 42.4 Å². The molecule has 2 fully saturated rings. The highest BCUT2D eigenvalue weighted by Gasteiger charge is 2.55. The highest BCUT2D eigenvalue weighted by Crippen LogP contribution is 2.62. The smallest absolute Gasteiger partial charge is 0.192 e. The Morgan fingerprint density at radius 3 is 2.48 bits per heavy atom. The molecule has 2 aliphatic rings. The molecule has 0 spiro atoms. The number of fused-ring (bicyclic) bond motifs is 1. The molecule has 162 valence electrons. The predicted molar refractivity (Wildman–Crippen MR) is 126 cm³/mol. The van der Waals surface area contributed by atoms with Gasteiger partial charge in [-0.3, -0.25) is 0 Å². The van der Waals surface area contributed by atoms with Crippen LogP contribution in [0.5, 0.6) is 0 Å². The largest absolute Gasteiger partial charge is 0.472 e. The summed E-state index contributed by atoms with van der Waals surface area (Å²) >= 11 is 0. The van der Waals surface area contributed by atoms with E-state index in [4.69, 9.17) is 8.84 Å². The minimum atomic E-state index is -1.87. The van der Waals surface area contributed by atoms with E-state index in [1.54, 1.807) is 6.26 Å². The van der Waals surface area contributed by atoms with Crippen molar-refractivity contribution in [1.82, 2.24) is 0 Å². The SMILES string of the molecule is C=C1[C@H](O[Si](C)(C)C(C)(C)C)C[C@H]2C(C)(C)CCC[C@]2(C)[C@H]1/C=C/c1ccoc1. The molecule has 0 bridgehead atoms. The number of rotatable bonds is 4. The van der Waals surface area contributed by atoms with Crippen LogP contribution in [-0.4, -0.2) is 14.4 Å². The van der Waals surface area contributed by atoms with Gasteiger partial charge in [0, 0.05) is 11.5 Å². The van der Waals surface area contributed by atoms with Gasteiger partial charge in [-0.1, -0.05) is 66.7 Å². The highest BCUT2D eigenvalue weighted by molar-refractivity contribution is 6.74. The van der Waals surface area contributed by atoms with E-state index in [-0.39, 0.29) is 16.6 Å². The molecular formula is C26H42O2Si. The van der Waals surface area contributed by atoms with Crippen LogP contribution in [0.4, 0.5) is 0 Å². The molecule has 0 aliphatic heterocycles. The van der Waals surface area contributed by atoms with Gasteiger partial charge in [-0.15, -0.1) is 0 Å². The second-order valence-corrected chi connectivity index (χ2v) is 16.7. The number of hydrogen-bond acceptors (Lipinski definition) is 2. The van der Waals surface area contributed by atoms with Crippen LogP contribution in [0.15, 0.2) is 41.2 Å². The molecule has 3 heteroatoms. The summed E-state index contributed by atoms with van der Waals surface area (Å²) in [7, 11) is -1.87. The fourth-order valence-electron chi connectivity index (χ4n) is 5.69.